The molecule has 0 amide bonds. The summed E-state index contributed by atoms with van der Waals surface area (Å²) in [6, 6.07) is 0.505. The molecule has 0 spiro atoms. The second-order valence-corrected chi connectivity index (χ2v) is 5.38. The fourth-order valence-electron chi connectivity index (χ4n) is 2.02. The highest BCUT2D eigenvalue weighted by Gasteiger charge is 2.21. The molecule has 1 N–H and O–H groups in total. The number of nitrogens with one attached hydrogen (secondary N) is 1. The third kappa shape index (κ3) is 3.30. The molecule has 0 bridgehead atoms. The molecule has 1 heterocycles. The van der Waals surface area contributed by atoms with Crippen LogP contribution < -0.4 is 5.32 Å². The Hall–Kier alpha value is 0.140. The van der Waals surface area contributed by atoms with Gasteiger partial charge in [0.25, 0.3) is 0 Å². The van der Waals surface area contributed by atoms with Gasteiger partial charge in [-0.25, -0.2) is 0 Å². The second-order valence-electron chi connectivity index (χ2n) is 3.79. The molecule has 0 aliphatic carbocycles. The summed E-state index contributed by atoms with van der Waals surface area (Å²) in [6.07, 6.45) is 2.47. The Labute approximate surface area is 105 Å². The van der Waals surface area contributed by atoms with Crippen molar-refractivity contribution in [1.29, 1.82) is 0 Å². The van der Waals surface area contributed by atoms with E-state index in [2.05, 4.69) is 52.8 Å². The van der Waals surface area contributed by atoms with Crippen molar-refractivity contribution in [3.05, 3.63) is 20.8 Å². The lowest BCUT2D eigenvalue weighted by molar-refractivity contribution is 0.346. The maximum absolute atomic E-state index is 3.63. The molecular formula is C12H20BrNS. The van der Waals surface area contributed by atoms with Gasteiger partial charge in [0.05, 0.1) is 0 Å². The van der Waals surface area contributed by atoms with Gasteiger partial charge in [0.1, 0.15) is 0 Å². The van der Waals surface area contributed by atoms with Gasteiger partial charge in [-0.3, -0.25) is 0 Å². The van der Waals surface area contributed by atoms with E-state index in [-0.39, 0.29) is 0 Å². The minimum Gasteiger partial charge on any atom is -0.310 e. The second kappa shape index (κ2) is 6.66. The van der Waals surface area contributed by atoms with E-state index >= 15 is 0 Å². The van der Waals surface area contributed by atoms with E-state index in [1.165, 1.54) is 22.9 Å². The van der Waals surface area contributed by atoms with Gasteiger partial charge in [0, 0.05) is 15.9 Å². The molecule has 0 saturated heterocycles. The van der Waals surface area contributed by atoms with Crippen LogP contribution >= 0.6 is 27.3 Å². The summed E-state index contributed by atoms with van der Waals surface area (Å²) in [5, 5.41) is 8.03. The largest absolute Gasteiger partial charge is 0.310 e. The third-order valence-corrected chi connectivity index (χ3v) is 4.67. The molecule has 0 aromatic carbocycles. The average molecular weight is 290 g/mol. The Morgan fingerprint density at radius 3 is 2.33 bits per heavy atom. The van der Waals surface area contributed by atoms with Crippen LogP contribution in [0.2, 0.25) is 0 Å². The molecule has 1 unspecified atom stereocenters. The third-order valence-electron chi connectivity index (χ3n) is 2.92. The summed E-state index contributed by atoms with van der Waals surface area (Å²) in [6.45, 7) is 7.76. The van der Waals surface area contributed by atoms with Gasteiger partial charge < -0.3 is 5.32 Å². The number of hydrogen-bond acceptors (Lipinski definition) is 2. The highest BCUT2D eigenvalue weighted by Crippen LogP contribution is 2.34. The smallest absolute Gasteiger partial charge is 0.0367 e. The topological polar surface area (TPSA) is 12.0 Å². The fraction of sp³-hybridized carbons (Fsp3) is 0.667. The summed E-state index contributed by atoms with van der Waals surface area (Å²) in [5.74, 6) is 0.732. The van der Waals surface area contributed by atoms with Gasteiger partial charge in [-0.15, -0.1) is 0 Å². The zero-order chi connectivity index (χ0) is 11.3. The summed E-state index contributed by atoms with van der Waals surface area (Å²) in [7, 11) is 0. The number of thiophene rings is 1. The van der Waals surface area contributed by atoms with Crippen molar-refractivity contribution in [2.45, 2.75) is 39.7 Å². The zero-order valence-corrected chi connectivity index (χ0v) is 12.1. The Bertz CT molecular complexity index is 281. The molecule has 0 aliphatic rings. The van der Waals surface area contributed by atoms with E-state index < -0.39 is 0 Å². The molecule has 0 saturated carbocycles. The van der Waals surface area contributed by atoms with Gasteiger partial charge in [0.2, 0.25) is 0 Å². The molecule has 0 fully saturated rings. The molecule has 1 nitrogen and oxygen atoms in total. The first-order chi connectivity index (χ1) is 7.24. The molecule has 3 heteroatoms. The van der Waals surface area contributed by atoms with E-state index in [1.54, 1.807) is 11.3 Å². The lowest BCUT2D eigenvalue weighted by Crippen LogP contribution is -2.27. The molecule has 1 rings (SSSR count). The van der Waals surface area contributed by atoms with Crippen LogP contribution in [0.5, 0.6) is 0 Å². The van der Waals surface area contributed by atoms with Crippen LogP contribution in [0, 0.1) is 5.92 Å². The first kappa shape index (κ1) is 13.2. The highest BCUT2D eigenvalue weighted by molar-refractivity contribution is 9.10. The molecule has 86 valence electrons. The summed E-state index contributed by atoms with van der Waals surface area (Å²) in [5.41, 5.74) is 1.43. The molecular weight excluding hydrogens is 270 g/mol. The van der Waals surface area contributed by atoms with E-state index in [9.17, 15) is 0 Å². The van der Waals surface area contributed by atoms with Gasteiger partial charge in [-0.1, -0.05) is 33.6 Å². The Balaban J connectivity index is 2.86. The molecule has 15 heavy (non-hydrogen) atoms. The zero-order valence-electron chi connectivity index (χ0n) is 9.72. The van der Waals surface area contributed by atoms with Crippen molar-refractivity contribution in [2.75, 3.05) is 6.54 Å². The normalized spacial score (nSPS) is 13.4. The number of rotatable bonds is 6. The lowest BCUT2D eigenvalue weighted by atomic mass is 9.90. The van der Waals surface area contributed by atoms with Crippen molar-refractivity contribution >= 4 is 27.3 Å². The van der Waals surface area contributed by atoms with Crippen molar-refractivity contribution < 1.29 is 0 Å². The summed E-state index contributed by atoms with van der Waals surface area (Å²) >= 11 is 5.41. The Morgan fingerprint density at radius 1 is 1.27 bits per heavy atom. The van der Waals surface area contributed by atoms with E-state index in [1.807, 2.05) is 0 Å². The van der Waals surface area contributed by atoms with Gasteiger partial charge in [-0.2, -0.15) is 11.3 Å². The predicted molar refractivity (Wildman–Crippen MR) is 72.5 cm³/mol. The van der Waals surface area contributed by atoms with E-state index in [0.29, 0.717) is 6.04 Å². The minimum absolute atomic E-state index is 0.505. The van der Waals surface area contributed by atoms with E-state index in [0.717, 1.165) is 12.5 Å². The van der Waals surface area contributed by atoms with E-state index in [4.69, 9.17) is 0 Å². The Morgan fingerprint density at radius 2 is 1.93 bits per heavy atom. The standard InChI is InChI=1S/C12H20BrNS/c1-4-9(5-2)12(14-6-3)10-7-15-8-11(10)13/h7-9,12,14H,4-6H2,1-3H3. The SMILES string of the molecule is CCNC(c1cscc1Br)C(CC)CC. The summed E-state index contributed by atoms with van der Waals surface area (Å²) in [4.78, 5) is 0. The van der Waals surface area contributed by atoms with Crippen LogP contribution in [0.4, 0.5) is 0 Å². The van der Waals surface area contributed by atoms with Gasteiger partial charge >= 0.3 is 0 Å². The maximum Gasteiger partial charge on any atom is 0.0367 e. The molecule has 0 radical (unpaired) electrons. The van der Waals surface area contributed by atoms with Crippen molar-refractivity contribution in [3.8, 4) is 0 Å². The quantitative estimate of drug-likeness (QED) is 0.807. The number of halogens is 1. The molecule has 1 atom stereocenters. The van der Waals surface area contributed by atoms with Crippen LogP contribution in [0.3, 0.4) is 0 Å². The van der Waals surface area contributed by atoms with Crippen molar-refractivity contribution in [1.82, 2.24) is 5.32 Å². The Kier molecular flexibility index (Phi) is 5.87. The van der Waals surface area contributed by atoms with Crippen LogP contribution in [-0.4, -0.2) is 6.54 Å². The first-order valence-electron chi connectivity index (χ1n) is 5.69. The van der Waals surface area contributed by atoms with Gasteiger partial charge in [-0.05, 0) is 39.3 Å². The molecule has 1 aromatic heterocycles. The van der Waals surface area contributed by atoms with Crippen LogP contribution in [0.1, 0.15) is 45.2 Å². The first-order valence-corrected chi connectivity index (χ1v) is 7.43. The van der Waals surface area contributed by atoms with Crippen LogP contribution in [0.25, 0.3) is 0 Å². The maximum atomic E-state index is 3.63. The number of hydrogen-bond donors (Lipinski definition) is 1. The van der Waals surface area contributed by atoms with Crippen molar-refractivity contribution in [2.24, 2.45) is 5.92 Å². The minimum atomic E-state index is 0.505. The van der Waals surface area contributed by atoms with Crippen molar-refractivity contribution in [3.63, 3.8) is 0 Å². The fourth-order valence-corrected chi connectivity index (χ4v) is 3.60. The highest BCUT2D eigenvalue weighted by atomic mass is 79.9. The average Bonchev–Trinajstić information content (AvgIpc) is 2.65. The lowest BCUT2D eigenvalue weighted by Gasteiger charge is -2.26. The molecule has 1 aromatic rings. The van der Waals surface area contributed by atoms with Crippen LogP contribution in [-0.2, 0) is 0 Å². The predicted octanol–water partition coefficient (Wildman–Crippen LogP) is 4.60. The van der Waals surface area contributed by atoms with Crippen LogP contribution in [0.15, 0.2) is 15.2 Å². The molecule has 0 aliphatic heterocycles. The summed E-state index contributed by atoms with van der Waals surface area (Å²) < 4.78 is 1.25. The monoisotopic (exact) mass is 289 g/mol. The van der Waals surface area contributed by atoms with Gasteiger partial charge in [0.15, 0.2) is 0 Å².